The van der Waals surface area contributed by atoms with E-state index in [1.54, 1.807) is 23.1 Å². The van der Waals surface area contributed by atoms with Crippen LogP contribution in [0.25, 0.3) is 0 Å². The lowest BCUT2D eigenvalue weighted by molar-refractivity contribution is -0.142. The van der Waals surface area contributed by atoms with Gasteiger partial charge in [-0.25, -0.2) is 4.39 Å². The van der Waals surface area contributed by atoms with E-state index in [9.17, 15) is 14.0 Å². The van der Waals surface area contributed by atoms with Gasteiger partial charge in [-0.1, -0.05) is 25.1 Å². The zero-order valence-corrected chi connectivity index (χ0v) is 14.3. The molecule has 1 aliphatic rings. The topological polar surface area (TPSA) is 58.6 Å². The summed E-state index contributed by atoms with van der Waals surface area (Å²) in [5.74, 6) is -0.453. The van der Waals surface area contributed by atoms with E-state index in [4.69, 9.17) is 4.74 Å². The van der Waals surface area contributed by atoms with Gasteiger partial charge in [0.1, 0.15) is 5.82 Å². The van der Waals surface area contributed by atoms with E-state index in [-0.39, 0.29) is 29.7 Å². The summed E-state index contributed by atoms with van der Waals surface area (Å²) in [6.07, 6.45) is 0.970. The van der Waals surface area contributed by atoms with Crippen molar-refractivity contribution in [1.29, 1.82) is 0 Å². The lowest BCUT2D eigenvalue weighted by Crippen LogP contribution is -2.50. The summed E-state index contributed by atoms with van der Waals surface area (Å²) in [6.45, 7) is 5.24. The number of amides is 2. The van der Waals surface area contributed by atoms with Gasteiger partial charge in [0.05, 0.1) is 12.7 Å². The molecule has 132 valence electrons. The highest BCUT2D eigenvalue weighted by molar-refractivity contribution is 5.78. The molecule has 2 amide bonds. The lowest BCUT2D eigenvalue weighted by Gasteiger charge is -2.34. The predicted octanol–water partition coefficient (Wildman–Crippen LogP) is 1.76. The third-order valence-electron chi connectivity index (χ3n) is 4.26. The number of benzene rings is 1. The van der Waals surface area contributed by atoms with Crippen molar-refractivity contribution in [3.63, 3.8) is 0 Å². The molecule has 0 radical (unpaired) electrons. The van der Waals surface area contributed by atoms with Crippen LogP contribution in [0.2, 0.25) is 0 Å². The standard InChI is InChI=1S/C18H25FN2O3/c1-13(7-8-15-5-3-4-6-17(15)19)18(23)21-9-10-24-16(12-21)11-20-14(2)22/h3-6,13,16H,7-12H2,1-2H3,(H,20,22)/t13-,16-/m1/s1. The molecule has 2 atom stereocenters. The molecule has 0 unspecified atom stereocenters. The number of carbonyl (C=O) groups is 2. The lowest BCUT2D eigenvalue weighted by atomic mass is 9.99. The van der Waals surface area contributed by atoms with Gasteiger partial charge < -0.3 is 15.0 Å². The molecular formula is C18H25FN2O3. The second kappa shape index (κ2) is 8.78. The molecule has 6 heteroatoms. The van der Waals surface area contributed by atoms with E-state index < -0.39 is 0 Å². The quantitative estimate of drug-likeness (QED) is 0.861. The van der Waals surface area contributed by atoms with Gasteiger partial charge in [0.15, 0.2) is 0 Å². The van der Waals surface area contributed by atoms with Crippen LogP contribution in [0.1, 0.15) is 25.8 Å². The molecule has 0 bridgehead atoms. The van der Waals surface area contributed by atoms with Crippen LogP contribution in [0.5, 0.6) is 0 Å². The second-order valence-electron chi connectivity index (χ2n) is 6.25. The molecule has 0 spiro atoms. The Morgan fingerprint density at radius 2 is 2.17 bits per heavy atom. The van der Waals surface area contributed by atoms with Crippen LogP contribution in [0, 0.1) is 11.7 Å². The van der Waals surface area contributed by atoms with Crippen LogP contribution in [-0.4, -0.2) is 49.1 Å². The normalized spacial score (nSPS) is 19.0. The minimum absolute atomic E-state index is 0.0578. The first-order valence-corrected chi connectivity index (χ1v) is 8.35. The van der Waals surface area contributed by atoms with E-state index in [1.807, 2.05) is 6.92 Å². The largest absolute Gasteiger partial charge is 0.373 e. The number of morpholine rings is 1. The maximum Gasteiger partial charge on any atom is 0.225 e. The Balaban J connectivity index is 1.83. The van der Waals surface area contributed by atoms with Crippen molar-refractivity contribution in [2.75, 3.05) is 26.2 Å². The van der Waals surface area contributed by atoms with Crippen LogP contribution in [0.15, 0.2) is 24.3 Å². The molecule has 1 aromatic carbocycles. The van der Waals surface area contributed by atoms with Crippen LogP contribution in [-0.2, 0) is 20.7 Å². The van der Waals surface area contributed by atoms with E-state index >= 15 is 0 Å². The molecule has 0 saturated carbocycles. The van der Waals surface area contributed by atoms with Crippen molar-refractivity contribution in [3.8, 4) is 0 Å². The Kier molecular flexibility index (Phi) is 6.73. The third-order valence-corrected chi connectivity index (χ3v) is 4.26. The summed E-state index contributed by atoms with van der Waals surface area (Å²) in [5.41, 5.74) is 0.641. The number of nitrogens with zero attached hydrogens (tertiary/aromatic N) is 1. The Labute approximate surface area is 142 Å². The van der Waals surface area contributed by atoms with Crippen LogP contribution >= 0.6 is 0 Å². The molecule has 5 nitrogen and oxygen atoms in total. The fraction of sp³-hybridized carbons (Fsp3) is 0.556. The van der Waals surface area contributed by atoms with Gasteiger partial charge >= 0.3 is 0 Å². The number of rotatable bonds is 6. The predicted molar refractivity (Wildman–Crippen MR) is 88.9 cm³/mol. The number of nitrogens with one attached hydrogen (secondary N) is 1. The third kappa shape index (κ3) is 5.30. The van der Waals surface area contributed by atoms with E-state index in [0.717, 1.165) is 0 Å². The highest BCUT2D eigenvalue weighted by Gasteiger charge is 2.27. The Morgan fingerprint density at radius 3 is 2.88 bits per heavy atom. The summed E-state index contributed by atoms with van der Waals surface area (Å²) < 4.78 is 19.2. The Hall–Kier alpha value is -1.95. The molecule has 1 fully saturated rings. The summed E-state index contributed by atoms with van der Waals surface area (Å²) in [5, 5.41) is 2.71. The van der Waals surface area contributed by atoms with Crippen LogP contribution < -0.4 is 5.32 Å². The fourth-order valence-corrected chi connectivity index (χ4v) is 2.81. The van der Waals surface area contributed by atoms with Gasteiger partial charge in [-0.05, 0) is 24.5 Å². The molecule has 0 aliphatic carbocycles. The molecule has 1 aliphatic heterocycles. The van der Waals surface area contributed by atoms with Crippen molar-refractivity contribution in [1.82, 2.24) is 10.2 Å². The number of aryl methyl sites for hydroxylation is 1. The molecule has 1 N–H and O–H groups in total. The van der Waals surface area contributed by atoms with Crippen molar-refractivity contribution in [3.05, 3.63) is 35.6 Å². The van der Waals surface area contributed by atoms with Gasteiger partial charge in [0.25, 0.3) is 0 Å². The van der Waals surface area contributed by atoms with Crippen molar-refractivity contribution >= 4 is 11.8 Å². The average molecular weight is 336 g/mol. The van der Waals surface area contributed by atoms with Gasteiger partial charge in [-0.15, -0.1) is 0 Å². The van der Waals surface area contributed by atoms with Crippen LogP contribution in [0.4, 0.5) is 4.39 Å². The van der Waals surface area contributed by atoms with E-state index in [2.05, 4.69) is 5.32 Å². The van der Waals surface area contributed by atoms with Crippen LogP contribution in [0.3, 0.4) is 0 Å². The Morgan fingerprint density at radius 1 is 1.42 bits per heavy atom. The molecule has 1 heterocycles. The summed E-state index contributed by atoms with van der Waals surface area (Å²) in [6, 6.07) is 6.66. The monoisotopic (exact) mass is 336 g/mol. The number of ether oxygens (including phenoxy) is 1. The number of hydrogen-bond donors (Lipinski definition) is 1. The zero-order valence-electron chi connectivity index (χ0n) is 14.3. The highest BCUT2D eigenvalue weighted by atomic mass is 19.1. The first-order chi connectivity index (χ1) is 11.5. The zero-order chi connectivity index (χ0) is 17.5. The van der Waals surface area contributed by atoms with Gasteiger partial charge in [0.2, 0.25) is 11.8 Å². The SMILES string of the molecule is CC(=O)NC[C@@H]1CN(C(=O)[C@H](C)CCc2ccccc2F)CCO1. The minimum Gasteiger partial charge on any atom is -0.373 e. The van der Waals surface area contributed by atoms with Gasteiger partial charge in [0, 0.05) is 32.5 Å². The molecule has 1 aromatic rings. The number of halogens is 1. The van der Waals surface area contributed by atoms with Crippen molar-refractivity contribution < 1.29 is 18.7 Å². The molecule has 1 saturated heterocycles. The molecule has 0 aromatic heterocycles. The van der Waals surface area contributed by atoms with Gasteiger partial charge in [-0.3, -0.25) is 9.59 Å². The highest BCUT2D eigenvalue weighted by Crippen LogP contribution is 2.16. The number of hydrogen-bond acceptors (Lipinski definition) is 3. The van der Waals surface area contributed by atoms with E-state index in [0.29, 0.717) is 44.6 Å². The second-order valence-corrected chi connectivity index (χ2v) is 6.25. The summed E-state index contributed by atoms with van der Waals surface area (Å²) in [4.78, 5) is 25.3. The average Bonchev–Trinajstić information content (AvgIpc) is 2.58. The van der Waals surface area contributed by atoms with E-state index in [1.165, 1.54) is 13.0 Å². The Bertz CT molecular complexity index is 579. The van der Waals surface area contributed by atoms with Crippen molar-refractivity contribution in [2.45, 2.75) is 32.8 Å². The molecule has 2 rings (SSSR count). The summed E-state index contributed by atoms with van der Waals surface area (Å²) >= 11 is 0. The van der Waals surface area contributed by atoms with Crippen molar-refractivity contribution in [2.24, 2.45) is 5.92 Å². The molecule has 24 heavy (non-hydrogen) atoms. The summed E-state index contributed by atoms with van der Waals surface area (Å²) in [7, 11) is 0. The molecular weight excluding hydrogens is 311 g/mol. The maximum absolute atomic E-state index is 13.7. The van der Waals surface area contributed by atoms with Gasteiger partial charge in [-0.2, -0.15) is 0 Å². The fourth-order valence-electron chi connectivity index (χ4n) is 2.81. The smallest absolute Gasteiger partial charge is 0.225 e. The first-order valence-electron chi connectivity index (χ1n) is 8.35. The number of carbonyl (C=O) groups excluding carboxylic acids is 2. The maximum atomic E-state index is 13.7. The first kappa shape index (κ1) is 18.4. The minimum atomic E-state index is -0.223.